The van der Waals surface area contributed by atoms with Gasteiger partial charge in [0.1, 0.15) is 29.1 Å². The molecule has 0 atom stereocenters. The molecule has 0 amide bonds. The Morgan fingerprint density at radius 1 is 0.914 bits per heavy atom. The van der Waals surface area contributed by atoms with E-state index in [1.54, 1.807) is 12.1 Å². The van der Waals surface area contributed by atoms with Crippen molar-refractivity contribution in [1.82, 2.24) is 0 Å². The highest BCUT2D eigenvalue weighted by atomic mass is 19.1. The van der Waals surface area contributed by atoms with Gasteiger partial charge in [-0.15, -0.1) is 0 Å². The molecular formula is C29H30F3NO2. The number of benzene rings is 3. The SMILES string of the molecule is CCCCCCC1COC(c2ccc3c(F)c(CCc4cc(F)c(C#N)c(F)c4)ccc3c2)OC1. The molecule has 0 aliphatic carbocycles. The van der Waals surface area contributed by atoms with Crippen molar-refractivity contribution in [3.05, 3.63) is 82.2 Å². The smallest absolute Gasteiger partial charge is 0.183 e. The van der Waals surface area contributed by atoms with Crippen LogP contribution in [0.4, 0.5) is 13.2 Å². The molecule has 0 aromatic heterocycles. The van der Waals surface area contributed by atoms with Gasteiger partial charge in [-0.25, -0.2) is 13.2 Å². The van der Waals surface area contributed by atoms with Crippen LogP contribution >= 0.6 is 0 Å². The van der Waals surface area contributed by atoms with E-state index in [0.29, 0.717) is 35.6 Å². The van der Waals surface area contributed by atoms with Crippen LogP contribution in [-0.4, -0.2) is 13.2 Å². The molecule has 0 saturated carbocycles. The summed E-state index contributed by atoms with van der Waals surface area (Å²) in [6.45, 7) is 3.53. The maximum absolute atomic E-state index is 15.2. The summed E-state index contributed by atoms with van der Waals surface area (Å²) in [5.41, 5.74) is 1.10. The van der Waals surface area contributed by atoms with E-state index in [2.05, 4.69) is 6.92 Å². The summed E-state index contributed by atoms with van der Waals surface area (Å²) in [5.74, 6) is -1.73. The molecule has 184 valence electrons. The molecule has 0 bridgehead atoms. The van der Waals surface area contributed by atoms with Crippen molar-refractivity contribution in [2.24, 2.45) is 5.92 Å². The predicted octanol–water partition coefficient (Wildman–Crippen LogP) is 7.55. The van der Waals surface area contributed by atoms with Gasteiger partial charge in [0.2, 0.25) is 0 Å². The molecule has 1 aliphatic heterocycles. The van der Waals surface area contributed by atoms with Crippen molar-refractivity contribution in [2.45, 2.75) is 58.2 Å². The minimum atomic E-state index is -0.899. The number of hydrogen-bond donors (Lipinski definition) is 0. The van der Waals surface area contributed by atoms with Gasteiger partial charge in [0, 0.05) is 16.9 Å². The highest BCUT2D eigenvalue weighted by molar-refractivity contribution is 5.84. The largest absolute Gasteiger partial charge is 0.348 e. The lowest BCUT2D eigenvalue weighted by atomic mass is 9.98. The van der Waals surface area contributed by atoms with Crippen molar-refractivity contribution in [1.29, 1.82) is 5.26 Å². The highest BCUT2D eigenvalue weighted by Gasteiger charge is 2.24. The number of rotatable bonds is 9. The molecular weight excluding hydrogens is 451 g/mol. The van der Waals surface area contributed by atoms with Crippen molar-refractivity contribution >= 4 is 10.8 Å². The average molecular weight is 482 g/mol. The van der Waals surface area contributed by atoms with Gasteiger partial charge in [0.25, 0.3) is 0 Å². The lowest BCUT2D eigenvalue weighted by Crippen LogP contribution is -2.27. The summed E-state index contributed by atoms with van der Waals surface area (Å²) < 4.78 is 54.8. The summed E-state index contributed by atoms with van der Waals surface area (Å²) in [7, 11) is 0. The summed E-state index contributed by atoms with van der Waals surface area (Å²) in [5, 5.41) is 10.0. The zero-order chi connectivity index (χ0) is 24.8. The zero-order valence-electron chi connectivity index (χ0n) is 20.0. The third-order valence-electron chi connectivity index (χ3n) is 6.66. The van der Waals surface area contributed by atoms with E-state index in [9.17, 15) is 8.78 Å². The fourth-order valence-corrected chi connectivity index (χ4v) is 4.61. The second-order valence-electron chi connectivity index (χ2n) is 9.28. The molecule has 3 aromatic carbocycles. The van der Waals surface area contributed by atoms with Gasteiger partial charge >= 0.3 is 0 Å². The molecule has 1 aliphatic rings. The fourth-order valence-electron chi connectivity index (χ4n) is 4.61. The Kier molecular flexibility index (Phi) is 8.43. The Labute approximate surface area is 204 Å². The molecule has 35 heavy (non-hydrogen) atoms. The Bertz CT molecular complexity index is 1190. The first kappa shape index (κ1) is 25.2. The molecule has 0 radical (unpaired) electrons. The standard InChI is InChI=1S/C29H30F3NO2/c1-2-3-4-5-6-20-17-34-29(35-18-20)23-11-12-24-22(15-23)10-9-21(28(24)32)8-7-19-13-26(30)25(16-33)27(31)14-19/h9-15,20,29H,2-8,17-18H2,1H3. The van der Waals surface area contributed by atoms with Crippen molar-refractivity contribution < 1.29 is 22.6 Å². The second kappa shape index (κ2) is 11.7. The van der Waals surface area contributed by atoms with Crippen LogP contribution in [0.2, 0.25) is 0 Å². The maximum Gasteiger partial charge on any atom is 0.183 e. The lowest BCUT2D eigenvalue weighted by molar-refractivity contribution is -0.206. The van der Waals surface area contributed by atoms with E-state index in [4.69, 9.17) is 14.7 Å². The fraction of sp³-hybridized carbons (Fsp3) is 0.414. The molecule has 4 rings (SSSR count). The molecule has 0 spiro atoms. The van der Waals surface area contributed by atoms with E-state index >= 15 is 4.39 Å². The molecule has 0 N–H and O–H groups in total. The number of halogens is 3. The number of unbranched alkanes of at least 4 members (excludes halogenated alkanes) is 3. The quantitative estimate of drug-likeness (QED) is 0.296. The topological polar surface area (TPSA) is 42.2 Å². The number of nitriles is 1. The first-order valence-electron chi connectivity index (χ1n) is 12.3. The van der Waals surface area contributed by atoms with Crippen LogP contribution in [0.3, 0.4) is 0 Å². The van der Waals surface area contributed by atoms with Gasteiger partial charge in [-0.05, 0) is 54.0 Å². The molecule has 3 aromatic rings. The van der Waals surface area contributed by atoms with Gasteiger partial charge in [0.15, 0.2) is 6.29 Å². The van der Waals surface area contributed by atoms with Gasteiger partial charge in [-0.3, -0.25) is 0 Å². The van der Waals surface area contributed by atoms with Gasteiger partial charge in [-0.1, -0.05) is 56.9 Å². The van der Waals surface area contributed by atoms with Gasteiger partial charge < -0.3 is 9.47 Å². The Hall–Kier alpha value is -2.88. The summed E-state index contributed by atoms with van der Waals surface area (Å²) >= 11 is 0. The van der Waals surface area contributed by atoms with Crippen LogP contribution < -0.4 is 0 Å². The summed E-state index contributed by atoms with van der Waals surface area (Å²) in [6.07, 6.45) is 6.13. The first-order chi connectivity index (χ1) is 17.0. The van der Waals surface area contributed by atoms with Gasteiger partial charge in [0.05, 0.1) is 13.2 Å². The monoisotopic (exact) mass is 481 g/mol. The van der Waals surface area contributed by atoms with E-state index in [1.165, 1.54) is 31.8 Å². The van der Waals surface area contributed by atoms with Crippen molar-refractivity contribution in [2.75, 3.05) is 13.2 Å². The van der Waals surface area contributed by atoms with E-state index < -0.39 is 23.5 Å². The Morgan fingerprint density at radius 2 is 1.66 bits per heavy atom. The molecule has 1 heterocycles. The summed E-state index contributed by atoms with van der Waals surface area (Å²) in [4.78, 5) is 0. The highest BCUT2D eigenvalue weighted by Crippen LogP contribution is 2.31. The van der Waals surface area contributed by atoms with Crippen molar-refractivity contribution in [3.8, 4) is 6.07 Å². The van der Waals surface area contributed by atoms with Crippen LogP contribution in [0.25, 0.3) is 10.8 Å². The molecule has 6 heteroatoms. The maximum atomic E-state index is 15.2. The zero-order valence-corrected chi connectivity index (χ0v) is 20.0. The summed E-state index contributed by atoms with van der Waals surface area (Å²) in [6, 6.07) is 12.8. The second-order valence-corrected chi connectivity index (χ2v) is 9.28. The minimum Gasteiger partial charge on any atom is -0.348 e. The van der Waals surface area contributed by atoms with Crippen LogP contribution in [-0.2, 0) is 22.3 Å². The minimum absolute atomic E-state index is 0.253. The number of fused-ring (bicyclic) bond motifs is 1. The van der Waals surface area contributed by atoms with Crippen LogP contribution in [0, 0.1) is 34.7 Å². The normalized spacial score (nSPS) is 18.0. The van der Waals surface area contributed by atoms with E-state index in [0.717, 1.165) is 29.5 Å². The Morgan fingerprint density at radius 3 is 2.34 bits per heavy atom. The van der Waals surface area contributed by atoms with E-state index in [1.807, 2.05) is 18.2 Å². The van der Waals surface area contributed by atoms with Crippen LogP contribution in [0.1, 0.15) is 67.6 Å². The third kappa shape index (κ3) is 6.04. The van der Waals surface area contributed by atoms with Crippen molar-refractivity contribution in [3.63, 3.8) is 0 Å². The number of aryl methyl sites for hydroxylation is 2. The number of nitrogens with zero attached hydrogens (tertiary/aromatic N) is 1. The van der Waals surface area contributed by atoms with Gasteiger partial charge in [-0.2, -0.15) is 5.26 Å². The third-order valence-corrected chi connectivity index (χ3v) is 6.66. The average Bonchev–Trinajstić information content (AvgIpc) is 2.86. The predicted molar refractivity (Wildman–Crippen MR) is 129 cm³/mol. The Balaban J connectivity index is 1.40. The first-order valence-corrected chi connectivity index (χ1v) is 12.3. The van der Waals surface area contributed by atoms with E-state index in [-0.39, 0.29) is 18.7 Å². The van der Waals surface area contributed by atoms with Crippen LogP contribution in [0.5, 0.6) is 0 Å². The lowest BCUT2D eigenvalue weighted by Gasteiger charge is -2.30. The molecule has 3 nitrogen and oxygen atoms in total. The number of hydrogen-bond acceptors (Lipinski definition) is 3. The molecule has 1 saturated heterocycles. The molecule has 1 fully saturated rings. The van der Waals surface area contributed by atoms with Crippen LogP contribution in [0.15, 0.2) is 42.5 Å². The number of ether oxygens (including phenoxy) is 2. The molecule has 0 unspecified atom stereocenters.